The Labute approximate surface area is 109 Å². The van der Waals surface area contributed by atoms with E-state index in [0.29, 0.717) is 5.69 Å². The predicted octanol–water partition coefficient (Wildman–Crippen LogP) is 4.80. The molecule has 0 bridgehead atoms. The largest absolute Gasteiger partial charge is 0.252 e. The summed E-state index contributed by atoms with van der Waals surface area (Å²) < 4.78 is 26.8. The van der Waals surface area contributed by atoms with Crippen LogP contribution in [-0.2, 0) is 0 Å². The summed E-state index contributed by atoms with van der Waals surface area (Å²) in [5.41, 5.74) is 1.40. The van der Waals surface area contributed by atoms with E-state index < -0.39 is 11.6 Å². The van der Waals surface area contributed by atoms with E-state index in [1.165, 1.54) is 0 Å². The van der Waals surface area contributed by atoms with Crippen LogP contribution in [0, 0.1) is 11.6 Å². The highest BCUT2D eigenvalue weighted by molar-refractivity contribution is 6.33. The van der Waals surface area contributed by atoms with Crippen LogP contribution >= 0.6 is 11.6 Å². The van der Waals surface area contributed by atoms with Crippen molar-refractivity contribution in [3.05, 3.63) is 52.7 Å². The fourth-order valence-corrected chi connectivity index (χ4v) is 1.99. The van der Waals surface area contributed by atoms with Gasteiger partial charge in [0.2, 0.25) is 0 Å². The Balaban J connectivity index is 2.59. The van der Waals surface area contributed by atoms with Crippen LogP contribution in [0.1, 0.15) is 25.5 Å². The zero-order valence-electron chi connectivity index (χ0n) is 10.0. The van der Waals surface area contributed by atoms with Gasteiger partial charge in [0.1, 0.15) is 11.6 Å². The first kappa shape index (κ1) is 13.0. The minimum atomic E-state index is -0.701. The smallest absolute Gasteiger partial charge is 0.137 e. The molecule has 18 heavy (non-hydrogen) atoms. The summed E-state index contributed by atoms with van der Waals surface area (Å²) in [5, 5.41) is 0.0286. The summed E-state index contributed by atoms with van der Waals surface area (Å²) in [7, 11) is 0. The van der Waals surface area contributed by atoms with E-state index in [1.807, 2.05) is 19.9 Å². The Bertz CT molecular complexity index is 559. The Morgan fingerprint density at radius 2 is 1.89 bits per heavy atom. The summed E-state index contributed by atoms with van der Waals surface area (Å²) >= 11 is 5.88. The Morgan fingerprint density at radius 3 is 2.50 bits per heavy atom. The van der Waals surface area contributed by atoms with E-state index in [2.05, 4.69) is 4.98 Å². The lowest BCUT2D eigenvalue weighted by Crippen LogP contribution is -1.96. The molecule has 4 heteroatoms. The van der Waals surface area contributed by atoms with Gasteiger partial charge in [0.25, 0.3) is 0 Å². The molecule has 0 saturated carbocycles. The van der Waals surface area contributed by atoms with Crippen molar-refractivity contribution >= 4 is 11.6 Å². The van der Waals surface area contributed by atoms with Gasteiger partial charge in [-0.05, 0) is 24.1 Å². The highest BCUT2D eigenvalue weighted by Gasteiger charge is 2.14. The second kappa shape index (κ2) is 5.02. The van der Waals surface area contributed by atoms with Crippen molar-refractivity contribution in [2.24, 2.45) is 0 Å². The van der Waals surface area contributed by atoms with Crippen LogP contribution in [0.3, 0.4) is 0 Å². The second-order valence-corrected chi connectivity index (χ2v) is 4.75. The topological polar surface area (TPSA) is 12.9 Å². The Kier molecular flexibility index (Phi) is 3.62. The van der Waals surface area contributed by atoms with Gasteiger partial charge in [-0.15, -0.1) is 0 Å². The summed E-state index contributed by atoms with van der Waals surface area (Å²) in [6.45, 7) is 3.99. The van der Waals surface area contributed by atoms with Gasteiger partial charge in [-0.3, -0.25) is 4.98 Å². The first-order valence-electron chi connectivity index (χ1n) is 5.61. The molecule has 0 N–H and O–H groups in total. The quantitative estimate of drug-likeness (QED) is 0.761. The lowest BCUT2D eigenvalue weighted by atomic mass is 10.1. The molecule has 0 saturated heterocycles. The highest BCUT2D eigenvalue weighted by atomic mass is 35.5. The molecule has 0 fully saturated rings. The number of hydrogen-bond donors (Lipinski definition) is 0. The van der Waals surface area contributed by atoms with Gasteiger partial charge in [0.15, 0.2) is 0 Å². The molecule has 1 nitrogen and oxygen atoms in total. The first-order chi connectivity index (χ1) is 8.49. The third kappa shape index (κ3) is 2.51. The second-order valence-electron chi connectivity index (χ2n) is 4.35. The maximum absolute atomic E-state index is 13.8. The van der Waals surface area contributed by atoms with Crippen LogP contribution < -0.4 is 0 Å². The highest BCUT2D eigenvalue weighted by Crippen LogP contribution is 2.31. The molecule has 0 amide bonds. The molecular weight excluding hydrogens is 256 g/mol. The van der Waals surface area contributed by atoms with E-state index in [0.717, 1.165) is 17.8 Å². The average molecular weight is 268 g/mol. The monoisotopic (exact) mass is 267 g/mol. The first-order valence-corrected chi connectivity index (χ1v) is 5.98. The van der Waals surface area contributed by atoms with Crippen molar-refractivity contribution in [1.29, 1.82) is 0 Å². The van der Waals surface area contributed by atoms with Gasteiger partial charge in [-0.1, -0.05) is 31.5 Å². The normalized spacial score (nSPS) is 11.0. The number of hydrogen-bond acceptors (Lipinski definition) is 1. The molecule has 0 radical (unpaired) electrons. The zero-order chi connectivity index (χ0) is 13.3. The Morgan fingerprint density at radius 1 is 1.17 bits per heavy atom. The van der Waals surface area contributed by atoms with Crippen LogP contribution in [0.2, 0.25) is 5.02 Å². The van der Waals surface area contributed by atoms with Crippen LogP contribution in [0.15, 0.2) is 30.3 Å². The average Bonchev–Trinajstić information content (AvgIpc) is 2.28. The van der Waals surface area contributed by atoms with Crippen molar-refractivity contribution < 1.29 is 8.78 Å². The molecule has 0 aliphatic rings. The number of nitrogens with zero attached hydrogens (tertiary/aromatic N) is 1. The standard InChI is InChI=1S/C14H12ClF2N/c1-8(2)12-4-3-5-13(18-12)14-10(15)6-9(16)7-11(14)17/h3-8H,1-2H3. The van der Waals surface area contributed by atoms with E-state index in [9.17, 15) is 8.78 Å². The molecular formula is C14H12ClF2N. The summed E-state index contributed by atoms with van der Waals surface area (Å²) in [4.78, 5) is 4.35. The van der Waals surface area contributed by atoms with Gasteiger partial charge >= 0.3 is 0 Å². The van der Waals surface area contributed by atoms with Crippen molar-refractivity contribution in [2.75, 3.05) is 0 Å². The van der Waals surface area contributed by atoms with Crippen LogP contribution in [-0.4, -0.2) is 4.98 Å². The van der Waals surface area contributed by atoms with Crippen LogP contribution in [0.25, 0.3) is 11.3 Å². The van der Waals surface area contributed by atoms with Gasteiger partial charge < -0.3 is 0 Å². The molecule has 0 aliphatic carbocycles. The SMILES string of the molecule is CC(C)c1cccc(-c2c(F)cc(F)cc2Cl)n1. The van der Waals surface area contributed by atoms with E-state index in [1.54, 1.807) is 12.1 Å². The lowest BCUT2D eigenvalue weighted by Gasteiger charge is -2.09. The van der Waals surface area contributed by atoms with Gasteiger partial charge in [-0.2, -0.15) is 0 Å². The minimum Gasteiger partial charge on any atom is -0.252 e. The fraction of sp³-hybridized carbons (Fsp3) is 0.214. The molecule has 2 aromatic rings. The van der Waals surface area contributed by atoms with Crippen LogP contribution in [0.4, 0.5) is 8.78 Å². The number of rotatable bonds is 2. The molecule has 2 rings (SSSR count). The fourth-order valence-electron chi connectivity index (χ4n) is 1.70. The summed E-state index contributed by atoms with van der Waals surface area (Å²) in [5.74, 6) is -1.16. The van der Waals surface area contributed by atoms with Gasteiger partial charge in [-0.25, -0.2) is 8.78 Å². The summed E-state index contributed by atoms with van der Waals surface area (Å²) in [6.07, 6.45) is 0. The molecule has 94 valence electrons. The third-order valence-corrected chi connectivity index (χ3v) is 2.92. The van der Waals surface area contributed by atoms with Crippen molar-refractivity contribution in [1.82, 2.24) is 4.98 Å². The number of aromatic nitrogens is 1. The van der Waals surface area contributed by atoms with Crippen LogP contribution in [0.5, 0.6) is 0 Å². The number of halogens is 3. The van der Waals surface area contributed by atoms with E-state index in [-0.39, 0.29) is 16.5 Å². The maximum atomic E-state index is 13.8. The zero-order valence-corrected chi connectivity index (χ0v) is 10.8. The molecule has 1 aromatic carbocycles. The molecule has 0 atom stereocenters. The van der Waals surface area contributed by atoms with E-state index >= 15 is 0 Å². The number of pyridine rings is 1. The predicted molar refractivity (Wildman–Crippen MR) is 68.7 cm³/mol. The number of benzene rings is 1. The minimum absolute atomic E-state index is 0.0286. The van der Waals surface area contributed by atoms with Crippen molar-refractivity contribution in [3.8, 4) is 11.3 Å². The summed E-state index contributed by atoms with van der Waals surface area (Å²) in [6, 6.07) is 7.21. The van der Waals surface area contributed by atoms with Crippen molar-refractivity contribution in [3.63, 3.8) is 0 Å². The molecule has 1 heterocycles. The maximum Gasteiger partial charge on any atom is 0.137 e. The van der Waals surface area contributed by atoms with Crippen molar-refractivity contribution in [2.45, 2.75) is 19.8 Å². The third-order valence-electron chi connectivity index (χ3n) is 2.63. The van der Waals surface area contributed by atoms with E-state index in [4.69, 9.17) is 11.6 Å². The molecule has 1 aromatic heterocycles. The van der Waals surface area contributed by atoms with Gasteiger partial charge in [0, 0.05) is 11.8 Å². The lowest BCUT2D eigenvalue weighted by molar-refractivity contribution is 0.585. The molecule has 0 spiro atoms. The Hall–Kier alpha value is -1.48. The molecule has 0 aliphatic heterocycles. The van der Waals surface area contributed by atoms with Gasteiger partial charge in [0.05, 0.1) is 16.3 Å². The molecule has 0 unspecified atom stereocenters.